The van der Waals surface area contributed by atoms with Crippen molar-refractivity contribution in [3.8, 4) is 5.75 Å². The van der Waals surface area contributed by atoms with Crippen LogP contribution in [0, 0.1) is 0 Å². The van der Waals surface area contributed by atoms with Gasteiger partial charge in [0.15, 0.2) is 0 Å². The van der Waals surface area contributed by atoms with Crippen LogP contribution in [0.4, 0.5) is 0 Å². The highest BCUT2D eigenvalue weighted by molar-refractivity contribution is 7.89. The highest BCUT2D eigenvalue weighted by atomic mass is 32.2. The van der Waals surface area contributed by atoms with E-state index in [4.69, 9.17) is 4.74 Å². The van der Waals surface area contributed by atoms with Crippen molar-refractivity contribution >= 4 is 16.0 Å². The molecule has 8 heteroatoms. The SMILES string of the molecule is CNCCCNS(=O)(=O)c1ccc(OC)c(C(=O)OC)c1. The average molecular weight is 316 g/mol. The molecular weight excluding hydrogens is 296 g/mol. The molecule has 0 spiro atoms. The number of hydrogen-bond acceptors (Lipinski definition) is 6. The molecule has 0 unspecified atom stereocenters. The first-order valence-electron chi connectivity index (χ1n) is 6.37. The van der Waals surface area contributed by atoms with Gasteiger partial charge in [-0.3, -0.25) is 0 Å². The van der Waals surface area contributed by atoms with Gasteiger partial charge in [0.2, 0.25) is 10.0 Å². The summed E-state index contributed by atoms with van der Waals surface area (Å²) in [6, 6.07) is 4.05. The molecular formula is C13H20N2O5S. The fraction of sp³-hybridized carbons (Fsp3) is 0.462. The van der Waals surface area contributed by atoms with Gasteiger partial charge >= 0.3 is 5.97 Å². The van der Waals surface area contributed by atoms with Crippen LogP contribution < -0.4 is 14.8 Å². The Morgan fingerprint density at radius 3 is 2.52 bits per heavy atom. The predicted octanol–water partition coefficient (Wildman–Crippen LogP) is 0.370. The van der Waals surface area contributed by atoms with Gasteiger partial charge < -0.3 is 14.8 Å². The minimum atomic E-state index is -3.67. The summed E-state index contributed by atoms with van der Waals surface area (Å²) in [6.07, 6.45) is 0.662. The van der Waals surface area contributed by atoms with Gasteiger partial charge in [0.25, 0.3) is 0 Å². The fourth-order valence-electron chi connectivity index (χ4n) is 1.68. The van der Waals surface area contributed by atoms with Crippen molar-refractivity contribution in [2.45, 2.75) is 11.3 Å². The molecule has 0 bridgehead atoms. The van der Waals surface area contributed by atoms with E-state index >= 15 is 0 Å². The van der Waals surface area contributed by atoms with Crippen LogP contribution in [0.1, 0.15) is 16.8 Å². The number of carbonyl (C=O) groups excluding carboxylic acids is 1. The lowest BCUT2D eigenvalue weighted by Gasteiger charge is -2.10. The second-order valence-corrected chi connectivity index (χ2v) is 5.98. The highest BCUT2D eigenvalue weighted by Gasteiger charge is 2.19. The number of nitrogens with one attached hydrogen (secondary N) is 2. The van der Waals surface area contributed by atoms with E-state index in [9.17, 15) is 13.2 Å². The second-order valence-electron chi connectivity index (χ2n) is 4.21. The average Bonchev–Trinajstić information content (AvgIpc) is 2.50. The Morgan fingerprint density at radius 2 is 1.95 bits per heavy atom. The summed E-state index contributed by atoms with van der Waals surface area (Å²) in [7, 11) is 0.737. The summed E-state index contributed by atoms with van der Waals surface area (Å²) < 4.78 is 36.4. The Kier molecular flexibility index (Phi) is 6.60. The first-order chi connectivity index (χ1) is 9.96. The van der Waals surface area contributed by atoms with E-state index in [1.807, 2.05) is 0 Å². The molecule has 1 aromatic carbocycles. The third kappa shape index (κ3) is 4.69. The quantitative estimate of drug-likeness (QED) is 0.531. The molecule has 0 heterocycles. The van der Waals surface area contributed by atoms with Gasteiger partial charge in [0, 0.05) is 6.54 Å². The number of ether oxygens (including phenoxy) is 2. The zero-order valence-electron chi connectivity index (χ0n) is 12.3. The van der Waals surface area contributed by atoms with Crippen molar-refractivity contribution in [2.24, 2.45) is 0 Å². The third-order valence-electron chi connectivity index (χ3n) is 2.78. The largest absolute Gasteiger partial charge is 0.496 e. The second kappa shape index (κ2) is 7.96. The highest BCUT2D eigenvalue weighted by Crippen LogP contribution is 2.23. The van der Waals surface area contributed by atoms with Crippen LogP contribution in [0.25, 0.3) is 0 Å². The van der Waals surface area contributed by atoms with E-state index in [-0.39, 0.29) is 16.2 Å². The number of sulfonamides is 1. The van der Waals surface area contributed by atoms with Crippen LogP contribution in [-0.2, 0) is 14.8 Å². The molecule has 0 aliphatic heterocycles. The van der Waals surface area contributed by atoms with Crippen LogP contribution in [-0.4, -0.2) is 48.7 Å². The van der Waals surface area contributed by atoms with Gasteiger partial charge in [0.05, 0.1) is 19.1 Å². The van der Waals surface area contributed by atoms with Crippen molar-refractivity contribution in [1.82, 2.24) is 10.0 Å². The standard InChI is InChI=1S/C13H20N2O5S/c1-14-7-4-8-15-21(17,18)10-5-6-12(19-2)11(9-10)13(16)20-3/h5-6,9,14-15H,4,7-8H2,1-3H3. The Bertz CT molecular complexity index is 586. The monoisotopic (exact) mass is 316 g/mol. The molecule has 0 aromatic heterocycles. The van der Waals surface area contributed by atoms with Crippen LogP contribution in [0.3, 0.4) is 0 Å². The molecule has 2 N–H and O–H groups in total. The number of esters is 1. The third-order valence-corrected chi connectivity index (χ3v) is 4.24. The fourth-order valence-corrected chi connectivity index (χ4v) is 2.78. The summed E-state index contributed by atoms with van der Waals surface area (Å²) in [5.41, 5.74) is 0.0677. The van der Waals surface area contributed by atoms with Gasteiger partial charge in [0.1, 0.15) is 11.3 Å². The lowest BCUT2D eigenvalue weighted by Crippen LogP contribution is -2.27. The molecule has 0 radical (unpaired) electrons. The van der Waals surface area contributed by atoms with Crippen molar-refractivity contribution in [3.05, 3.63) is 23.8 Å². The summed E-state index contributed by atoms with van der Waals surface area (Å²) in [5.74, 6) is -0.393. The predicted molar refractivity (Wildman–Crippen MR) is 78.1 cm³/mol. The molecule has 7 nitrogen and oxygen atoms in total. The normalized spacial score (nSPS) is 11.2. The first-order valence-corrected chi connectivity index (χ1v) is 7.85. The molecule has 0 amide bonds. The molecule has 0 atom stereocenters. The molecule has 0 saturated heterocycles. The number of benzene rings is 1. The van der Waals surface area contributed by atoms with Gasteiger partial charge in [-0.2, -0.15) is 0 Å². The maximum Gasteiger partial charge on any atom is 0.341 e. The van der Waals surface area contributed by atoms with Gasteiger partial charge in [-0.1, -0.05) is 0 Å². The summed E-state index contributed by atoms with van der Waals surface area (Å²) in [5, 5.41) is 2.93. The summed E-state index contributed by atoms with van der Waals surface area (Å²) in [6.45, 7) is 1.02. The molecule has 0 fully saturated rings. The number of rotatable bonds is 8. The van der Waals surface area contributed by atoms with Gasteiger partial charge in [-0.15, -0.1) is 0 Å². The van der Waals surface area contributed by atoms with E-state index in [1.54, 1.807) is 7.05 Å². The molecule has 21 heavy (non-hydrogen) atoms. The molecule has 0 saturated carbocycles. The maximum absolute atomic E-state index is 12.1. The minimum absolute atomic E-state index is 0.00634. The molecule has 0 aliphatic rings. The van der Waals surface area contributed by atoms with Crippen LogP contribution >= 0.6 is 0 Å². The molecule has 0 aliphatic carbocycles. The van der Waals surface area contributed by atoms with Crippen LogP contribution in [0.2, 0.25) is 0 Å². The smallest absolute Gasteiger partial charge is 0.341 e. The van der Waals surface area contributed by atoms with E-state index in [0.717, 1.165) is 0 Å². The molecule has 1 rings (SSSR count). The number of methoxy groups -OCH3 is 2. The Hall–Kier alpha value is -1.64. The number of hydrogen-bond donors (Lipinski definition) is 2. The van der Waals surface area contributed by atoms with Crippen molar-refractivity contribution in [2.75, 3.05) is 34.4 Å². The van der Waals surface area contributed by atoms with E-state index in [1.165, 1.54) is 32.4 Å². The zero-order valence-corrected chi connectivity index (χ0v) is 13.1. The molecule has 1 aromatic rings. The van der Waals surface area contributed by atoms with E-state index in [0.29, 0.717) is 19.5 Å². The number of carbonyl (C=O) groups is 1. The van der Waals surface area contributed by atoms with E-state index in [2.05, 4.69) is 14.8 Å². The topological polar surface area (TPSA) is 93.7 Å². The Balaban J connectivity index is 2.99. The first kappa shape index (κ1) is 17.4. The van der Waals surface area contributed by atoms with Crippen molar-refractivity contribution in [3.63, 3.8) is 0 Å². The summed E-state index contributed by atoms with van der Waals surface area (Å²) in [4.78, 5) is 11.6. The van der Waals surface area contributed by atoms with Crippen molar-refractivity contribution < 1.29 is 22.7 Å². The van der Waals surface area contributed by atoms with Crippen LogP contribution in [0.15, 0.2) is 23.1 Å². The van der Waals surface area contributed by atoms with Gasteiger partial charge in [-0.25, -0.2) is 17.9 Å². The van der Waals surface area contributed by atoms with E-state index < -0.39 is 16.0 Å². The zero-order chi connectivity index (χ0) is 15.9. The summed E-state index contributed by atoms with van der Waals surface area (Å²) >= 11 is 0. The van der Waals surface area contributed by atoms with Gasteiger partial charge in [-0.05, 0) is 38.2 Å². The lowest BCUT2D eigenvalue weighted by atomic mass is 10.2. The Labute approximate surface area is 124 Å². The van der Waals surface area contributed by atoms with Crippen molar-refractivity contribution in [1.29, 1.82) is 0 Å². The lowest BCUT2D eigenvalue weighted by molar-refractivity contribution is 0.0597. The molecule has 118 valence electrons. The minimum Gasteiger partial charge on any atom is -0.496 e. The Morgan fingerprint density at radius 1 is 1.24 bits per heavy atom. The van der Waals surface area contributed by atoms with Crippen LogP contribution in [0.5, 0.6) is 5.75 Å². The maximum atomic E-state index is 12.1.